The van der Waals surface area contributed by atoms with Gasteiger partial charge in [-0.05, 0) is 43.3 Å². The van der Waals surface area contributed by atoms with Crippen molar-refractivity contribution in [3.05, 3.63) is 52.9 Å². The molecule has 1 N–H and O–H groups in total. The highest BCUT2D eigenvalue weighted by Crippen LogP contribution is 2.31. The molecule has 0 aliphatic rings. The normalized spacial score (nSPS) is 12.4. The monoisotopic (exact) mass is 279 g/mol. The molecule has 0 saturated carbocycles. The van der Waals surface area contributed by atoms with Crippen LogP contribution in [-0.4, -0.2) is 13.2 Å². The summed E-state index contributed by atoms with van der Waals surface area (Å²) < 4.78 is 11.2. The van der Waals surface area contributed by atoms with Gasteiger partial charge in [-0.15, -0.1) is 0 Å². The predicted octanol–water partition coefficient (Wildman–Crippen LogP) is 4.03. The standard InChI is InChI=1S/C15H18ClNO2/c1-3-17-15(13-9-10-14(16)19-13)11-7-5-6-8-12(11)18-4-2/h5-10,15,17H,3-4H2,1-2H3. The Kier molecular flexibility index (Phi) is 4.88. The molecule has 1 atom stereocenters. The van der Waals surface area contributed by atoms with Crippen molar-refractivity contribution in [3.63, 3.8) is 0 Å². The Balaban J connectivity index is 2.38. The molecule has 1 aromatic heterocycles. The molecule has 0 spiro atoms. The van der Waals surface area contributed by atoms with Crippen molar-refractivity contribution >= 4 is 11.6 Å². The van der Waals surface area contributed by atoms with Gasteiger partial charge in [-0.2, -0.15) is 0 Å². The Morgan fingerprint density at radius 3 is 2.63 bits per heavy atom. The van der Waals surface area contributed by atoms with Crippen LogP contribution in [0.1, 0.15) is 31.2 Å². The van der Waals surface area contributed by atoms with E-state index in [0.717, 1.165) is 23.6 Å². The zero-order chi connectivity index (χ0) is 13.7. The summed E-state index contributed by atoms with van der Waals surface area (Å²) in [5.41, 5.74) is 1.05. The number of benzene rings is 1. The fourth-order valence-corrected chi connectivity index (χ4v) is 2.21. The fraction of sp³-hybridized carbons (Fsp3) is 0.333. The summed E-state index contributed by atoms with van der Waals surface area (Å²) in [4.78, 5) is 0. The molecule has 1 heterocycles. The molecule has 19 heavy (non-hydrogen) atoms. The number of para-hydroxylation sites is 1. The highest BCUT2D eigenvalue weighted by atomic mass is 35.5. The first-order valence-corrected chi connectivity index (χ1v) is 6.84. The average Bonchev–Trinajstić information content (AvgIpc) is 2.84. The number of halogens is 1. The van der Waals surface area contributed by atoms with Crippen LogP contribution in [0.25, 0.3) is 0 Å². The summed E-state index contributed by atoms with van der Waals surface area (Å²) in [6.07, 6.45) is 0. The lowest BCUT2D eigenvalue weighted by atomic mass is 10.0. The van der Waals surface area contributed by atoms with Crippen LogP contribution in [0.2, 0.25) is 5.22 Å². The zero-order valence-electron chi connectivity index (χ0n) is 11.2. The predicted molar refractivity (Wildman–Crippen MR) is 76.8 cm³/mol. The maximum Gasteiger partial charge on any atom is 0.193 e. The van der Waals surface area contributed by atoms with Crippen LogP contribution in [0, 0.1) is 0 Å². The largest absolute Gasteiger partial charge is 0.494 e. The van der Waals surface area contributed by atoms with E-state index in [1.165, 1.54) is 0 Å². The molecule has 0 fully saturated rings. The summed E-state index contributed by atoms with van der Waals surface area (Å²) in [5, 5.41) is 3.79. The lowest BCUT2D eigenvalue weighted by Gasteiger charge is -2.19. The number of hydrogen-bond acceptors (Lipinski definition) is 3. The molecule has 102 valence electrons. The quantitative estimate of drug-likeness (QED) is 0.867. The Labute approximate surface area is 118 Å². The molecule has 0 saturated heterocycles. The lowest BCUT2D eigenvalue weighted by molar-refractivity contribution is 0.330. The minimum atomic E-state index is -0.0553. The van der Waals surface area contributed by atoms with E-state index in [9.17, 15) is 0 Å². The molecule has 0 radical (unpaired) electrons. The van der Waals surface area contributed by atoms with Crippen molar-refractivity contribution in [2.24, 2.45) is 0 Å². The maximum absolute atomic E-state index is 5.87. The summed E-state index contributed by atoms with van der Waals surface area (Å²) in [5.74, 6) is 1.66. The van der Waals surface area contributed by atoms with E-state index in [2.05, 4.69) is 12.2 Å². The molecular formula is C15H18ClNO2. The lowest BCUT2D eigenvalue weighted by Crippen LogP contribution is -2.22. The summed E-state index contributed by atoms with van der Waals surface area (Å²) in [6.45, 7) is 5.49. The molecule has 0 bridgehead atoms. The van der Waals surface area contributed by atoms with Crippen molar-refractivity contribution < 1.29 is 9.15 Å². The van der Waals surface area contributed by atoms with Crippen LogP contribution in [0.4, 0.5) is 0 Å². The van der Waals surface area contributed by atoms with Gasteiger partial charge < -0.3 is 14.5 Å². The highest BCUT2D eigenvalue weighted by Gasteiger charge is 2.20. The molecule has 3 nitrogen and oxygen atoms in total. The molecule has 1 aromatic carbocycles. The summed E-state index contributed by atoms with van der Waals surface area (Å²) in [7, 11) is 0. The first-order chi connectivity index (χ1) is 9.26. The Morgan fingerprint density at radius 2 is 2.00 bits per heavy atom. The number of hydrogen-bond donors (Lipinski definition) is 1. The van der Waals surface area contributed by atoms with Crippen molar-refractivity contribution in [1.29, 1.82) is 0 Å². The summed E-state index contributed by atoms with van der Waals surface area (Å²) in [6, 6.07) is 11.5. The van der Waals surface area contributed by atoms with Gasteiger partial charge in [-0.1, -0.05) is 25.1 Å². The van der Waals surface area contributed by atoms with Crippen LogP contribution >= 0.6 is 11.6 Å². The van der Waals surface area contributed by atoms with Gasteiger partial charge >= 0.3 is 0 Å². The van der Waals surface area contributed by atoms with Gasteiger partial charge in [0, 0.05) is 5.56 Å². The summed E-state index contributed by atoms with van der Waals surface area (Å²) >= 11 is 5.87. The molecule has 0 aliphatic heterocycles. The van der Waals surface area contributed by atoms with Gasteiger partial charge in [0.15, 0.2) is 5.22 Å². The van der Waals surface area contributed by atoms with Crippen molar-refractivity contribution in [1.82, 2.24) is 5.32 Å². The number of rotatable bonds is 6. The number of furan rings is 1. The third-order valence-corrected chi connectivity index (χ3v) is 3.02. The van der Waals surface area contributed by atoms with E-state index >= 15 is 0 Å². The molecule has 0 amide bonds. The van der Waals surface area contributed by atoms with E-state index in [1.54, 1.807) is 6.07 Å². The van der Waals surface area contributed by atoms with Crippen molar-refractivity contribution in [3.8, 4) is 5.75 Å². The highest BCUT2D eigenvalue weighted by molar-refractivity contribution is 6.28. The van der Waals surface area contributed by atoms with E-state index in [0.29, 0.717) is 11.8 Å². The van der Waals surface area contributed by atoms with E-state index < -0.39 is 0 Å². The molecule has 0 aliphatic carbocycles. The third kappa shape index (κ3) is 3.31. The molecule has 2 rings (SSSR count). The minimum Gasteiger partial charge on any atom is -0.494 e. The average molecular weight is 280 g/mol. The van der Waals surface area contributed by atoms with Crippen LogP contribution in [-0.2, 0) is 0 Å². The van der Waals surface area contributed by atoms with E-state index in [-0.39, 0.29) is 6.04 Å². The van der Waals surface area contributed by atoms with Crippen LogP contribution in [0.15, 0.2) is 40.8 Å². The Bertz CT molecular complexity index is 524. The second-order valence-electron chi connectivity index (χ2n) is 4.10. The number of ether oxygens (including phenoxy) is 1. The van der Waals surface area contributed by atoms with Gasteiger partial charge in [0.25, 0.3) is 0 Å². The maximum atomic E-state index is 5.87. The molecule has 4 heteroatoms. The van der Waals surface area contributed by atoms with Gasteiger partial charge in [0.1, 0.15) is 11.5 Å². The Hall–Kier alpha value is -1.45. The fourth-order valence-electron chi connectivity index (χ4n) is 2.06. The molecule has 2 aromatic rings. The zero-order valence-corrected chi connectivity index (χ0v) is 11.9. The first kappa shape index (κ1) is 14.0. The van der Waals surface area contributed by atoms with Gasteiger partial charge in [-0.3, -0.25) is 0 Å². The molecule has 1 unspecified atom stereocenters. The second kappa shape index (κ2) is 6.64. The first-order valence-electron chi connectivity index (χ1n) is 6.46. The van der Waals surface area contributed by atoms with Gasteiger partial charge in [0.2, 0.25) is 0 Å². The molecular weight excluding hydrogens is 262 g/mol. The topological polar surface area (TPSA) is 34.4 Å². The van der Waals surface area contributed by atoms with Crippen molar-refractivity contribution in [2.75, 3.05) is 13.2 Å². The minimum absolute atomic E-state index is 0.0553. The van der Waals surface area contributed by atoms with E-state index in [4.69, 9.17) is 20.8 Å². The van der Waals surface area contributed by atoms with Crippen LogP contribution in [0.5, 0.6) is 5.75 Å². The Morgan fingerprint density at radius 1 is 1.21 bits per heavy atom. The van der Waals surface area contributed by atoms with Crippen LogP contribution in [0.3, 0.4) is 0 Å². The van der Waals surface area contributed by atoms with E-state index in [1.807, 2.05) is 37.3 Å². The van der Waals surface area contributed by atoms with Crippen molar-refractivity contribution in [2.45, 2.75) is 19.9 Å². The number of nitrogens with one attached hydrogen (secondary N) is 1. The van der Waals surface area contributed by atoms with Gasteiger partial charge in [-0.25, -0.2) is 0 Å². The smallest absolute Gasteiger partial charge is 0.193 e. The van der Waals surface area contributed by atoms with Gasteiger partial charge in [0.05, 0.1) is 12.6 Å². The SMILES string of the molecule is CCNC(c1ccc(Cl)o1)c1ccccc1OCC. The van der Waals surface area contributed by atoms with Crippen LogP contribution < -0.4 is 10.1 Å². The third-order valence-electron chi connectivity index (χ3n) is 2.82. The second-order valence-corrected chi connectivity index (χ2v) is 4.48.